The molecule has 2 N–H and O–H groups in total. The average molecular weight is 536 g/mol. The van der Waals surface area contributed by atoms with Crippen molar-refractivity contribution in [1.29, 1.82) is 0 Å². The fraction of sp³-hybridized carbons (Fsp3) is 0.154. The molecule has 1 heterocycles. The first-order valence-electron chi connectivity index (χ1n) is 11.4. The van der Waals surface area contributed by atoms with Crippen molar-refractivity contribution in [2.24, 2.45) is 0 Å². The van der Waals surface area contributed by atoms with Gasteiger partial charge in [0.25, 0.3) is 0 Å². The van der Waals surface area contributed by atoms with Crippen LogP contribution in [0.2, 0.25) is 0 Å². The number of sulfone groups is 1. The summed E-state index contributed by atoms with van der Waals surface area (Å²) in [4.78, 5) is 24.3. The number of hydrogen-bond acceptors (Lipinski definition) is 7. The van der Waals surface area contributed by atoms with Crippen molar-refractivity contribution in [3.63, 3.8) is 0 Å². The molecule has 190 valence electrons. The Morgan fingerprint density at radius 1 is 0.865 bits per heavy atom. The second-order valence-corrected chi connectivity index (χ2v) is 11.4. The van der Waals surface area contributed by atoms with Crippen LogP contribution >= 0.6 is 11.8 Å². The maximum atomic E-state index is 13.0. The van der Waals surface area contributed by atoms with E-state index in [4.69, 9.17) is 0 Å². The van der Waals surface area contributed by atoms with Crippen molar-refractivity contribution in [3.8, 4) is 5.69 Å². The molecule has 0 radical (unpaired) electrons. The topological polar surface area (TPSA) is 123 Å². The molecule has 1 aromatic heterocycles. The summed E-state index contributed by atoms with van der Waals surface area (Å²) in [6, 6.07) is 24.1. The Labute approximate surface area is 219 Å². The number of rotatable bonds is 9. The first kappa shape index (κ1) is 26.1. The van der Waals surface area contributed by atoms with E-state index in [2.05, 4.69) is 20.8 Å². The normalized spacial score (nSPS) is 12.1. The molecule has 0 fully saturated rings. The molecule has 9 nitrogen and oxygen atoms in total. The van der Waals surface area contributed by atoms with Crippen LogP contribution in [0.3, 0.4) is 0 Å². The van der Waals surface area contributed by atoms with E-state index < -0.39 is 15.1 Å². The number of carbonyl (C=O) groups is 2. The third kappa shape index (κ3) is 6.63. The van der Waals surface area contributed by atoms with Crippen molar-refractivity contribution >= 4 is 44.8 Å². The van der Waals surface area contributed by atoms with Crippen LogP contribution in [0.4, 0.5) is 11.4 Å². The predicted molar refractivity (Wildman–Crippen MR) is 143 cm³/mol. The van der Waals surface area contributed by atoms with Gasteiger partial charge >= 0.3 is 0 Å². The fourth-order valence-corrected chi connectivity index (χ4v) is 5.63. The van der Waals surface area contributed by atoms with E-state index in [1.165, 1.54) is 18.7 Å². The molecule has 4 aromatic rings. The number of carbonyl (C=O) groups excluding carboxylic acids is 2. The summed E-state index contributed by atoms with van der Waals surface area (Å²) < 4.78 is 27.7. The monoisotopic (exact) mass is 535 g/mol. The molecular formula is C26H25N5O4S2. The molecule has 4 rings (SSSR count). The highest BCUT2D eigenvalue weighted by molar-refractivity contribution is 8.00. The third-order valence-electron chi connectivity index (χ3n) is 5.26. The number of aromatic nitrogens is 3. The van der Waals surface area contributed by atoms with Gasteiger partial charge in [-0.2, -0.15) is 0 Å². The van der Waals surface area contributed by atoms with Crippen LogP contribution in [0.15, 0.2) is 95.0 Å². The maximum Gasteiger partial charge on any atom is 0.237 e. The van der Waals surface area contributed by atoms with E-state index in [9.17, 15) is 18.0 Å². The zero-order chi connectivity index (χ0) is 26.4. The summed E-state index contributed by atoms with van der Waals surface area (Å²) in [6.07, 6.45) is 0. The zero-order valence-electron chi connectivity index (χ0n) is 20.2. The van der Waals surface area contributed by atoms with Gasteiger partial charge in [0.2, 0.25) is 11.8 Å². The Bertz CT molecular complexity index is 1490. The minimum Gasteiger partial charge on any atom is -0.326 e. The number of para-hydroxylation sites is 1. The van der Waals surface area contributed by atoms with Gasteiger partial charge in [-0.05, 0) is 55.5 Å². The standard InChI is InChI=1S/C26H25N5O4S2/c1-18(25(33)28-21-15-13-20(14-16-21)27-19(2)32)36-26-30-29-24(31(26)22-9-5-3-6-10-22)17-37(34,35)23-11-7-4-8-12-23/h3-16,18H,17H2,1-2H3,(H,27,32)(H,28,33). The van der Waals surface area contributed by atoms with Gasteiger partial charge in [-0.3, -0.25) is 14.2 Å². The van der Waals surface area contributed by atoms with E-state index in [1.807, 2.05) is 30.3 Å². The lowest BCUT2D eigenvalue weighted by atomic mass is 10.2. The van der Waals surface area contributed by atoms with E-state index in [1.54, 1.807) is 66.1 Å². The van der Waals surface area contributed by atoms with Crippen LogP contribution in [0.25, 0.3) is 5.69 Å². The van der Waals surface area contributed by atoms with Gasteiger partial charge in [0.15, 0.2) is 20.8 Å². The molecule has 11 heteroatoms. The highest BCUT2D eigenvalue weighted by atomic mass is 32.2. The molecule has 0 saturated carbocycles. The number of nitrogens with one attached hydrogen (secondary N) is 2. The molecule has 3 aromatic carbocycles. The summed E-state index contributed by atoms with van der Waals surface area (Å²) >= 11 is 1.17. The minimum absolute atomic E-state index is 0.180. The van der Waals surface area contributed by atoms with Crippen molar-refractivity contribution < 1.29 is 18.0 Å². The van der Waals surface area contributed by atoms with Crippen molar-refractivity contribution in [1.82, 2.24) is 14.8 Å². The molecule has 2 amide bonds. The summed E-state index contributed by atoms with van der Waals surface area (Å²) in [6.45, 7) is 3.15. The Morgan fingerprint density at radius 2 is 1.43 bits per heavy atom. The van der Waals surface area contributed by atoms with E-state index in [0.29, 0.717) is 22.2 Å². The molecule has 0 aliphatic carbocycles. The van der Waals surface area contributed by atoms with E-state index >= 15 is 0 Å². The Morgan fingerprint density at radius 3 is 2.03 bits per heavy atom. The highest BCUT2D eigenvalue weighted by Crippen LogP contribution is 2.28. The zero-order valence-corrected chi connectivity index (χ0v) is 21.8. The molecule has 0 aliphatic heterocycles. The third-order valence-corrected chi connectivity index (χ3v) is 7.93. The van der Waals surface area contributed by atoms with Crippen LogP contribution in [-0.2, 0) is 25.2 Å². The summed E-state index contributed by atoms with van der Waals surface area (Å²) in [5, 5.41) is 13.8. The summed E-state index contributed by atoms with van der Waals surface area (Å²) in [5.74, 6) is -0.543. The summed E-state index contributed by atoms with van der Waals surface area (Å²) in [5.41, 5.74) is 1.89. The van der Waals surface area contributed by atoms with Gasteiger partial charge in [-0.15, -0.1) is 10.2 Å². The number of anilines is 2. The Balaban J connectivity index is 1.55. The first-order chi connectivity index (χ1) is 17.7. The molecule has 0 saturated heterocycles. The van der Waals surface area contributed by atoms with Crippen molar-refractivity contribution in [2.45, 2.75) is 34.9 Å². The first-order valence-corrected chi connectivity index (χ1v) is 13.9. The molecular weight excluding hydrogens is 510 g/mol. The lowest BCUT2D eigenvalue weighted by molar-refractivity contribution is -0.115. The molecule has 0 bridgehead atoms. The van der Waals surface area contributed by atoms with Crippen LogP contribution in [0.5, 0.6) is 0 Å². The van der Waals surface area contributed by atoms with Gasteiger partial charge in [0.1, 0.15) is 5.75 Å². The number of hydrogen-bond donors (Lipinski definition) is 2. The smallest absolute Gasteiger partial charge is 0.237 e. The van der Waals surface area contributed by atoms with Gasteiger partial charge in [0, 0.05) is 24.0 Å². The van der Waals surface area contributed by atoms with Crippen molar-refractivity contribution in [3.05, 3.63) is 90.8 Å². The minimum atomic E-state index is -3.67. The van der Waals surface area contributed by atoms with Gasteiger partial charge in [0.05, 0.1) is 10.1 Å². The van der Waals surface area contributed by atoms with Crippen LogP contribution in [0.1, 0.15) is 19.7 Å². The largest absolute Gasteiger partial charge is 0.326 e. The Kier molecular flexibility index (Phi) is 8.04. The fourth-order valence-electron chi connectivity index (χ4n) is 3.48. The predicted octanol–water partition coefficient (Wildman–Crippen LogP) is 4.32. The van der Waals surface area contributed by atoms with Crippen LogP contribution in [0, 0.1) is 0 Å². The molecule has 0 aliphatic rings. The lowest BCUT2D eigenvalue weighted by Gasteiger charge is -2.14. The molecule has 1 unspecified atom stereocenters. The summed E-state index contributed by atoms with van der Waals surface area (Å²) in [7, 11) is -3.67. The maximum absolute atomic E-state index is 13.0. The Hall–Kier alpha value is -3.96. The second kappa shape index (κ2) is 11.4. The van der Waals surface area contributed by atoms with Gasteiger partial charge in [-0.25, -0.2) is 8.42 Å². The van der Waals surface area contributed by atoms with E-state index in [0.717, 1.165) is 0 Å². The number of benzene rings is 3. The van der Waals surface area contributed by atoms with Crippen LogP contribution in [-0.4, -0.2) is 40.2 Å². The van der Waals surface area contributed by atoms with Gasteiger partial charge < -0.3 is 10.6 Å². The quantitative estimate of drug-likeness (QED) is 0.306. The van der Waals surface area contributed by atoms with Crippen LogP contribution < -0.4 is 10.6 Å². The average Bonchev–Trinajstić information content (AvgIpc) is 3.27. The SMILES string of the molecule is CC(=O)Nc1ccc(NC(=O)C(C)Sc2nnc(CS(=O)(=O)c3ccccc3)n2-c2ccccc2)cc1. The molecule has 0 spiro atoms. The van der Waals surface area contributed by atoms with Crippen molar-refractivity contribution in [2.75, 3.05) is 10.6 Å². The van der Waals surface area contributed by atoms with E-state index in [-0.39, 0.29) is 28.3 Å². The number of thioether (sulfide) groups is 1. The molecule has 37 heavy (non-hydrogen) atoms. The second-order valence-electron chi connectivity index (χ2n) is 8.15. The van der Waals surface area contributed by atoms with Gasteiger partial charge in [-0.1, -0.05) is 48.2 Å². The number of amides is 2. The number of nitrogens with zero attached hydrogens (tertiary/aromatic N) is 3. The molecule has 1 atom stereocenters. The lowest BCUT2D eigenvalue weighted by Crippen LogP contribution is -2.23. The highest BCUT2D eigenvalue weighted by Gasteiger charge is 2.25.